The molecule has 0 aliphatic heterocycles. The van der Waals surface area contributed by atoms with E-state index in [0.717, 1.165) is 5.57 Å². The smallest absolute Gasteiger partial charge is 0.238 e. The molecule has 128 valence electrons. The maximum absolute atomic E-state index is 12.6. The molecule has 25 heavy (non-hydrogen) atoms. The van der Waals surface area contributed by atoms with Gasteiger partial charge in [-0.1, -0.05) is 42.0 Å². The summed E-state index contributed by atoms with van der Waals surface area (Å²) in [5, 5.41) is 30.1. The fraction of sp³-hybridized carbons (Fsp3) is 0.150. The summed E-state index contributed by atoms with van der Waals surface area (Å²) >= 11 is 0. The summed E-state index contributed by atoms with van der Waals surface area (Å²) in [6, 6.07) is 10.1. The number of hydrogen-bond donors (Lipinski definition) is 3. The van der Waals surface area contributed by atoms with E-state index in [4.69, 9.17) is 4.42 Å². The van der Waals surface area contributed by atoms with Crippen molar-refractivity contribution in [3.05, 3.63) is 63.8 Å². The highest BCUT2D eigenvalue weighted by Gasteiger charge is 2.22. The molecule has 2 aromatic carbocycles. The lowest BCUT2D eigenvalue weighted by atomic mass is 10.0. The maximum Gasteiger partial charge on any atom is 0.238 e. The Hall–Kier alpha value is -3.21. The Bertz CT molecular complexity index is 1030. The van der Waals surface area contributed by atoms with Crippen molar-refractivity contribution in [3.63, 3.8) is 0 Å². The van der Waals surface area contributed by atoms with Gasteiger partial charge in [0.1, 0.15) is 11.0 Å². The van der Waals surface area contributed by atoms with Crippen molar-refractivity contribution in [3.8, 4) is 28.6 Å². The molecule has 1 aromatic heterocycles. The van der Waals surface area contributed by atoms with Crippen molar-refractivity contribution >= 4 is 11.0 Å². The second-order valence-corrected chi connectivity index (χ2v) is 6.07. The molecule has 3 rings (SSSR count). The molecule has 3 N–H and O–H groups in total. The lowest BCUT2D eigenvalue weighted by Crippen LogP contribution is -2.04. The molecule has 0 amide bonds. The van der Waals surface area contributed by atoms with Crippen LogP contribution in [0.4, 0.5) is 0 Å². The first kappa shape index (κ1) is 16.6. The standard InChI is InChI=1S/C20H18O5/c1-11(2)8-9-13-10-14(21)16(22)15-17(23)18(24)20(25-19(13)15)12-6-4-3-5-7-12/h3-8,10,21-22,24H,9H2,1-2H3. The highest BCUT2D eigenvalue weighted by molar-refractivity contribution is 5.91. The fourth-order valence-electron chi connectivity index (χ4n) is 2.65. The Morgan fingerprint density at radius 1 is 1.08 bits per heavy atom. The number of rotatable bonds is 3. The van der Waals surface area contributed by atoms with Gasteiger partial charge in [0.2, 0.25) is 11.2 Å². The summed E-state index contributed by atoms with van der Waals surface area (Å²) < 4.78 is 5.81. The van der Waals surface area contributed by atoms with Gasteiger partial charge in [-0.05, 0) is 26.3 Å². The van der Waals surface area contributed by atoms with Crippen LogP contribution in [-0.4, -0.2) is 15.3 Å². The quantitative estimate of drug-likeness (QED) is 0.494. The van der Waals surface area contributed by atoms with Crippen LogP contribution in [0.3, 0.4) is 0 Å². The number of phenolic OH excluding ortho intramolecular Hbond substituents is 2. The van der Waals surface area contributed by atoms with Crippen LogP contribution in [0.1, 0.15) is 19.4 Å². The largest absolute Gasteiger partial charge is 0.504 e. The van der Waals surface area contributed by atoms with Gasteiger partial charge in [-0.25, -0.2) is 0 Å². The predicted octanol–water partition coefficient (Wildman–Crippen LogP) is 4.09. The number of hydrogen-bond acceptors (Lipinski definition) is 5. The monoisotopic (exact) mass is 338 g/mol. The van der Waals surface area contributed by atoms with Crippen LogP contribution in [0, 0.1) is 0 Å². The SMILES string of the molecule is CC(C)=CCc1cc(O)c(O)c2c(=O)c(O)c(-c3ccccc3)oc12. The van der Waals surface area contributed by atoms with Crippen LogP contribution in [-0.2, 0) is 6.42 Å². The van der Waals surface area contributed by atoms with Crippen molar-refractivity contribution in [2.75, 3.05) is 0 Å². The number of benzene rings is 2. The average molecular weight is 338 g/mol. The van der Waals surface area contributed by atoms with E-state index in [2.05, 4.69) is 0 Å². The molecule has 0 saturated carbocycles. The van der Waals surface area contributed by atoms with Gasteiger partial charge in [0.05, 0.1) is 0 Å². The summed E-state index contributed by atoms with van der Waals surface area (Å²) in [7, 11) is 0. The van der Waals surface area contributed by atoms with Crippen molar-refractivity contribution in [2.24, 2.45) is 0 Å². The maximum atomic E-state index is 12.6. The molecular weight excluding hydrogens is 320 g/mol. The van der Waals surface area contributed by atoms with Crippen molar-refractivity contribution < 1.29 is 19.7 Å². The molecule has 0 unspecified atom stereocenters. The minimum absolute atomic E-state index is 0.0293. The zero-order valence-corrected chi connectivity index (χ0v) is 13.9. The van der Waals surface area contributed by atoms with E-state index >= 15 is 0 Å². The number of phenols is 2. The first-order valence-corrected chi connectivity index (χ1v) is 7.82. The number of allylic oxidation sites excluding steroid dienone is 2. The van der Waals surface area contributed by atoms with E-state index in [1.807, 2.05) is 26.0 Å². The molecule has 0 fully saturated rings. The molecule has 0 aliphatic carbocycles. The Morgan fingerprint density at radius 3 is 2.40 bits per heavy atom. The Balaban J connectivity index is 2.39. The van der Waals surface area contributed by atoms with Crippen LogP contribution in [0.2, 0.25) is 0 Å². The minimum atomic E-state index is -0.785. The topological polar surface area (TPSA) is 90.9 Å². The van der Waals surface area contributed by atoms with E-state index in [-0.39, 0.29) is 16.7 Å². The van der Waals surface area contributed by atoms with Gasteiger partial charge in [0, 0.05) is 11.1 Å². The van der Waals surface area contributed by atoms with Gasteiger partial charge in [-0.2, -0.15) is 0 Å². The lowest BCUT2D eigenvalue weighted by Gasteiger charge is -2.11. The van der Waals surface area contributed by atoms with Gasteiger partial charge in [0.15, 0.2) is 17.3 Å². The zero-order chi connectivity index (χ0) is 18.1. The normalized spacial score (nSPS) is 10.8. The molecule has 0 spiro atoms. The third-order valence-electron chi connectivity index (χ3n) is 3.94. The average Bonchev–Trinajstić information content (AvgIpc) is 2.60. The summed E-state index contributed by atoms with van der Waals surface area (Å²) in [4.78, 5) is 12.6. The fourth-order valence-corrected chi connectivity index (χ4v) is 2.65. The zero-order valence-electron chi connectivity index (χ0n) is 13.9. The highest BCUT2D eigenvalue weighted by Crippen LogP contribution is 2.39. The van der Waals surface area contributed by atoms with E-state index in [1.165, 1.54) is 6.07 Å². The second-order valence-electron chi connectivity index (χ2n) is 6.07. The minimum Gasteiger partial charge on any atom is -0.504 e. The predicted molar refractivity (Wildman–Crippen MR) is 96.0 cm³/mol. The molecule has 5 heteroatoms. The molecule has 0 aliphatic rings. The van der Waals surface area contributed by atoms with Crippen LogP contribution < -0.4 is 5.43 Å². The van der Waals surface area contributed by atoms with Crippen LogP contribution in [0.15, 0.2) is 57.3 Å². The third kappa shape index (κ3) is 2.96. The molecule has 0 atom stereocenters. The highest BCUT2D eigenvalue weighted by atomic mass is 16.4. The van der Waals surface area contributed by atoms with E-state index < -0.39 is 22.7 Å². The van der Waals surface area contributed by atoms with E-state index in [0.29, 0.717) is 17.5 Å². The summed E-state index contributed by atoms with van der Waals surface area (Å²) in [6.45, 7) is 3.86. The molecule has 0 bridgehead atoms. The Labute approximate surface area is 144 Å². The van der Waals surface area contributed by atoms with E-state index in [9.17, 15) is 20.1 Å². The van der Waals surface area contributed by atoms with Gasteiger partial charge in [0.25, 0.3) is 0 Å². The van der Waals surface area contributed by atoms with Gasteiger partial charge >= 0.3 is 0 Å². The van der Waals surface area contributed by atoms with Gasteiger partial charge < -0.3 is 19.7 Å². The van der Waals surface area contributed by atoms with E-state index in [1.54, 1.807) is 24.3 Å². The number of aromatic hydroxyl groups is 3. The van der Waals surface area contributed by atoms with Gasteiger partial charge in [-0.3, -0.25) is 4.79 Å². The molecule has 1 heterocycles. The number of fused-ring (bicyclic) bond motifs is 1. The lowest BCUT2D eigenvalue weighted by molar-refractivity contribution is 0.404. The summed E-state index contributed by atoms with van der Waals surface area (Å²) in [5.74, 6) is -1.60. The van der Waals surface area contributed by atoms with Crippen LogP contribution >= 0.6 is 0 Å². The first-order valence-electron chi connectivity index (χ1n) is 7.82. The van der Waals surface area contributed by atoms with Crippen molar-refractivity contribution in [2.45, 2.75) is 20.3 Å². The summed E-state index contributed by atoms with van der Waals surface area (Å²) in [5.41, 5.74) is 1.51. The second kappa shape index (κ2) is 6.36. The Kier molecular flexibility index (Phi) is 4.23. The molecule has 0 saturated heterocycles. The molecule has 3 aromatic rings. The molecule has 0 radical (unpaired) electrons. The first-order chi connectivity index (χ1) is 11.9. The van der Waals surface area contributed by atoms with Crippen molar-refractivity contribution in [1.82, 2.24) is 0 Å². The van der Waals surface area contributed by atoms with Gasteiger partial charge in [-0.15, -0.1) is 0 Å². The molecule has 5 nitrogen and oxygen atoms in total. The van der Waals surface area contributed by atoms with Crippen molar-refractivity contribution in [1.29, 1.82) is 0 Å². The third-order valence-corrected chi connectivity index (χ3v) is 3.94. The molecular formula is C20H18O5. The van der Waals surface area contributed by atoms with Crippen LogP contribution in [0.5, 0.6) is 17.2 Å². The summed E-state index contributed by atoms with van der Waals surface area (Å²) in [6.07, 6.45) is 2.33. The van der Waals surface area contributed by atoms with Crippen LogP contribution in [0.25, 0.3) is 22.3 Å². The Morgan fingerprint density at radius 2 is 1.76 bits per heavy atom.